The average Bonchev–Trinajstić information content (AvgIpc) is 2.74. The van der Waals surface area contributed by atoms with Gasteiger partial charge < -0.3 is 21.9 Å². The Labute approximate surface area is 209 Å². The van der Waals surface area contributed by atoms with Crippen molar-refractivity contribution in [2.75, 3.05) is 0 Å². The van der Waals surface area contributed by atoms with Gasteiger partial charge in [-0.2, -0.15) is 4.99 Å². The van der Waals surface area contributed by atoms with Gasteiger partial charge in [0.2, 0.25) is 0 Å². The molecule has 1 aromatic heterocycles. The van der Waals surface area contributed by atoms with Crippen molar-refractivity contribution in [1.82, 2.24) is 4.98 Å². The number of aliphatic imine (C=N–C) groups is 1. The van der Waals surface area contributed by atoms with Gasteiger partial charge in [-0.3, -0.25) is 14.6 Å². The van der Waals surface area contributed by atoms with Gasteiger partial charge in [0.05, 0.1) is 17.5 Å². The summed E-state index contributed by atoms with van der Waals surface area (Å²) in [7, 11) is 0. The third kappa shape index (κ3) is 6.04. The molecule has 0 atom stereocenters. The molecule has 36 heavy (non-hydrogen) atoms. The number of amides is 2. The fourth-order valence-corrected chi connectivity index (χ4v) is 3.60. The monoisotopic (exact) mass is 491 g/mol. The molecule has 0 fully saturated rings. The standard InChI is InChI=1S/C27H30FN5O3/c1-14-8-16(10-24(34)33-23(30)13-22(29)27(3,4)5)9-15(2)25(14)36-21-6-7-32-20-12-19(28)17(26(31)35)11-18(20)21/h6-9,11-13H,10,29H2,1-5H3,(H2,31,35)(H2,30,33,34)/b22-13-. The number of primary amides is 1. The molecule has 0 aliphatic carbocycles. The molecule has 0 aliphatic heterocycles. The van der Waals surface area contributed by atoms with E-state index in [1.165, 1.54) is 18.3 Å². The highest BCUT2D eigenvalue weighted by molar-refractivity contribution is 6.01. The molecular formula is C27H30FN5O3. The number of fused-ring (bicyclic) bond motifs is 1. The van der Waals surface area contributed by atoms with Crippen LogP contribution in [0.15, 0.2) is 53.3 Å². The summed E-state index contributed by atoms with van der Waals surface area (Å²) in [6.07, 6.45) is 3.03. The average molecular weight is 492 g/mol. The lowest BCUT2D eigenvalue weighted by Crippen LogP contribution is -2.21. The van der Waals surface area contributed by atoms with Gasteiger partial charge in [-0.15, -0.1) is 0 Å². The number of nitrogens with two attached hydrogens (primary N) is 3. The Morgan fingerprint density at radius 3 is 2.31 bits per heavy atom. The fraction of sp³-hybridized carbons (Fsp3) is 0.259. The van der Waals surface area contributed by atoms with Crippen molar-refractivity contribution in [3.05, 3.63) is 76.4 Å². The molecule has 0 unspecified atom stereocenters. The third-order valence-electron chi connectivity index (χ3n) is 5.57. The zero-order valence-corrected chi connectivity index (χ0v) is 21.0. The molecule has 0 saturated carbocycles. The first kappa shape index (κ1) is 26.3. The van der Waals surface area contributed by atoms with Crippen molar-refractivity contribution in [2.45, 2.75) is 41.0 Å². The van der Waals surface area contributed by atoms with Gasteiger partial charge in [-0.25, -0.2) is 4.39 Å². The zero-order valence-electron chi connectivity index (χ0n) is 21.0. The van der Waals surface area contributed by atoms with E-state index in [2.05, 4.69) is 9.98 Å². The van der Waals surface area contributed by atoms with E-state index in [4.69, 9.17) is 21.9 Å². The minimum absolute atomic E-state index is 0.0470. The molecule has 0 radical (unpaired) electrons. The number of carbonyl (C=O) groups excluding carboxylic acids is 2. The van der Waals surface area contributed by atoms with Crippen molar-refractivity contribution in [3.63, 3.8) is 0 Å². The quantitative estimate of drug-likeness (QED) is 0.348. The first-order valence-electron chi connectivity index (χ1n) is 11.3. The van der Waals surface area contributed by atoms with Crippen LogP contribution in [0.3, 0.4) is 0 Å². The normalized spacial score (nSPS) is 12.6. The van der Waals surface area contributed by atoms with Crippen LogP contribution in [0, 0.1) is 25.1 Å². The second kappa shape index (κ2) is 10.2. The number of aromatic nitrogens is 1. The van der Waals surface area contributed by atoms with E-state index in [0.29, 0.717) is 28.1 Å². The Hall–Kier alpha value is -4.27. The van der Waals surface area contributed by atoms with Crippen LogP contribution in [0.5, 0.6) is 11.5 Å². The number of amidine groups is 1. The summed E-state index contributed by atoms with van der Waals surface area (Å²) in [6, 6.07) is 7.74. The van der Waals surface area contributed by atoms with Crippen LogP contribution in [0.1, 0.15) is 47.8 Å². The number of hydrogen-bond donors (Lipinski definition) is 3. The van der Waals surface area contributed by atoms with E-state index in [0.717, 1.165) is 22.8 Å². The van der Waals surface area contributed by atoms with Gasteiger partial charge in [0.15, 0.2) is 0 Å². The molecule has 3 aromatic rings. The summed E-state index contributed by atoms with van der Waals surface area (Å²) in [4.78, 5) is 32.1. The molecule has 9 heteroatoms. The second-order valence-corrected chi connectivity index (χ2v) is 9.64. The predicted molar refractivity (Wildman–Crippen MR) is 138 cm³/mol. The first-order valence-corrected chi connectivity index (χ1v) is 11.3. The highest BCUT2D eigenvalue weighted by Crippen LogP contribution is 2.34. The number of pyridine rings is 1. The molecule has 0 saturated heterocycles. The lowest BCUT2D eigenvalue weighted by molar-refractivity contribution is -0.117. The van der Waals surface area contributed by atoms with E-state index >= 15 is 0 Å². The van der Waals surface area contributed by atoms with Gasteiger partial charge in [0, 0.05) is 28.8 Å². The molecule has 0 spiro atoms. The maximum Gasteiger partial charge on any atom is 0.252 e. The Morgan fingerprint density at radius 1 is 1.08 bits per heavy atom. The molecule has 188 valence electrons. The Morgan fingerprint density at radius 2 is 1.72 bits per heavy atom. The smallest absolute Gasteiger partial charge is 0.252 e. The SMILES string of the molecule is Cc1cc(CC(=O)N=C(N)/C=C(\N)C(C)(C)C)cc(C)c1Oc1ccnc2cc(F)c(C(N)=O)cc12. The maximum absolute atomic E-state index is 14.2. The van der Waals surface area contributed by atoms with E-state index < -0.39 is 17.6 Å². The van der Waals surface area contributed by atoms with Crippen molar-refractivity contribution >= 4 is 28.6 Å². The summed E-state index contributed by atoms with van der Waals surface area (Å²) >= 11 is 0. The van der Waals surface area contributed by atoms with Crippen LogP contribution in [-0.2, 0) is 11.2 Å². The van der Waals surface area contributed by atoms with E-state index in [1.807, 2.05) is 46.8 Å². The van der Waals surface area contributed by atoms with Gasteiger partial charge in [-0.05, 0) is 48.7 Å². The number of halogens is 1. The molecule has 8 nitrogen and oxygen atoms in total. The van der Waals surface area contributed by atoms with Crippen LogP contribution >= 0.6 is 0 Å². The largest absolute Gasteiger partial charge is 0.456 e. The van der Waals surface area contributed by atoms with Crippen LogP contribution < -0.4 is 21.9 Å². The summed E-state index contributed by atoms with van der Waals surface area (Å²) < 4.78 is 20.3. The minimum Gasteiger partial charge on any atom is -0.456 e. The predicted octanol–water partition coefficient (Wildman–Crippen LogP) is 4.20. The minimum atomic E-state index is -0.884. The molecule has 0 aliphatic rings. The molecule has 0 bridgehead atoms. The number of allylic oxidation sites excluding steroid dienone is 1. The molecule has 6 N–H and O–H groups in total. The summed E-state index contributed by atoms with van der Waals surface area (Å²) in [5, 5.41) is 0.443. The lowest BCUT2D eigenvalue weighted by Gasteiger charge is -2.18. The fourth-order valence-electron chi connectivity index (χ4n) is 3.60. The van der Waals surface area contributed by atoms with Crippen LogP contribution in [0.4, 0.5) is 4.39 Å². The highest BCUT2D eigenvalue weighted by atomic mass is 19.1. The second-order valence-electron chi connectivity index (χ2n) is 9.64. The first-order chi connectivity index (χ1) is 16.8. The Kier molecular flexibility index (Phi) is 7.43. The van der Waals surface area contributed by atoms with Gasteiger partial charge >= 0.3 is 0 Å². The van der Waals surface area contributed by atoms with Gasteiger partial charge in [0.25, 0.3) is 11.8 Å². The number of ether oxygens (including phenoxy) is 1. The summed E-state index contributed by atoms with van der Waals surface area (Å²) in [6.45, 7) is 9.50. The summed E-state index contributed by atoms with van der Waals surface area (Å²) in [5.41, 5.74) is 19.8. The summed E-state index contributed by atoms with van der Waals surface area (Å²) in [5.74, 6) is -1.03. The Bertz CT molecular complexity index is 1400. The van der Waals surface area contributed by atoms with Crippen molar-refractivity contribution < 1.29 is 18.7 Å². The number of nitrogens with zero attached hydrogens (tertiary/aromatic N) is 2. The number of rotatable bonds is 6. The third-order valence-corrected chi connectivity index (χ3v) is 5.57. The van der Waals surface area contributed by atoms with Crippen LogP contribution in [-0.4, -0.2) is 22.6 Å². The molecule has 2 aromatic carbocycles. The van der Waals surface area contributed by atoms with Crippen molar-refractivity contribution in [3.8, 4) is 11.5 Å². The number of carbonyl (C=O) groups is 2. The van der Waals surface area contributed by atoms with E-state index in [-0.39, 0.29) is 23.2 Å². The topological polar surface area (TPSA) is 147 Å². The zero-order chi connectivity index (χ0) is 26.8. The molecule has 3 rings (SSSR count). The van der Waals surface area contributed by atoms with Crippen LogP contribution in [0.25, 0.3) is 10.9 Å². The number of aryl methyl sites for hydroxylation is 2. The van der Waals surface area contributed by atoms with E-state index in [1.54, 1.807) is 6.07 Å². The molecular weight excluding hydrogens is 461 g/mol. The number of hydrogen-bond acceptors (Lipinski definition) is 5. The number of benzene rings is 2. The lowest BCUT2D eigenvalue weighted by atomic mass is 9.92. The maximum atomic E-state index is 14.2. The van der Waals surface area contributed by atoms with E-state index in [9.17, 15) is 14.0 Å². The highest BCUT2D eigenvalue weighted by Gasteiger charge is 2.17. The van der Waals surface area contributed by atoms with Crippen molar-refractivity contribution in [1.29, 1.82) is 0 Å². The van der Waals surface area contributed by atoms with Gasteiger partial charge in [0.1, 0.15) is 23.2 Å². The molecule has 1 heterocycles. The van der Waals surface area contributed by atoms with Crippen molar-refractivity contribution in [2.24, 2.45) is 27.6 Å². The molecule has 2 amide bonds. The van der Waals surface area contributed by atoms with Crippen LogP contribution in [0.2, 0.25) is 0 Å². The van der Waals surface area contributed by atoms with Gasteiger partial charge in [-0.1, -0.05) is 32.9 Å². The Balaban J connectivity index is 1.87.